The average molecular weight is 428 g/mol. The molecule has 0 radical (unpaired) electrons. The van der Waals surface area contributed by atoms with Gasteiger partial charge in [0.25, 0.3) is 5.91 Å². The predicted molar refractivity (Wildman–Crippen MR) is 118 cm³/mol. The number of anilines is 2. The van der Waals surface area contributed by atoms with Crippen molar-refractivity contribution in [3.8, 4) is 5.75 Å². The van der Waals surface area contributed by atoms with Crippen LogP contribution in [0.4, 0.5) is 11.4 Å². The smallest absolute Gasteiger partial charge is 0.251 e. The third kappa shape index (κ3) is 4.16. The molecule has 158 valence electrons. The second-order valence-corrected chi connectivity index (χ2v) is 8.01. The van der Waals surface area contributed by atoms with Gasteiger partial charge in [0, 0.05) is 26.2 Å². The summed E-state index contributed by atoms with van der Waals surface area (Å²) in [5.74, 6) is 0.445. The maximum absolute atomic E-state index is 13.1. The molecular weight excluding hydrogens is 402 g/mol. The number of nitrogens with zero attached hydrogens (tertiary/aromatic N) is 3. The Morgan fingerprint density at radius 3 is 2.37 bits per heavy atom. The minimum absolute atomic E-state index is 0.145. The Morgan fingerprint density at radius 2 is 1.70 bits per heavy atom. The minimum Gasteiger partial charge on any atom is -0.494 e. The van der Waals surface area contributed by atoms with E-state index in [0.29, 0.717) is 25.4 Å². The van der Waals surface area contributed by atoms with Gasteiger partial charge in [-0.1, -0.05) is 30.7 Å². The lowest BCUT2D eigenvalue weighted by Crippen LogP contribution is -2.52. The molecular formula is C23H26ClN3O3. The summed E-state index contributed by atoms with van der Waals surface area (Å²) in [6.07, 6.45) is 1.15. The van der Waals surface area contributed by atoms with Gasteiger partial charge in [-0.3, -0.25) is 14.5 Å². The van der Waals surface area contributed by atoms with Crippen molar-refractivity contribution in [2.45, 2.75) is 25.8 Å². The van der Waals surface area contributed by atoms with Crippen molar-refractivity contribution in [2.24, 2.45) is 0 Å². The summed E-state index contributed by atoms with van der Waals surface area (Å²) in [6, 6.07) is 14.6. The van der Waals surface area contributed by atoms with Crippen molar-refractivity contribution in [1.82, 2.24) is 4.90 Å². The number of hydrogen-bond acceptors (Lipinski definition) is 5. The Balaban J connectivity index is 1.40. The van der Waals surface area contributed by atoms with E-state index in [1.165, 1.54) is 4.90 Å². The molecule has 0 aliphatic carbocycles. The molecule has 0 bridgehead atoms. The summed E-state index contributed by atoms with van der Waals surface area (Å²) in [5.41, 5.74) is 1.62. The van der Waals surface area contributed by atoms with Gasteiger partial charge in [0.1, 0.15) is 5.75 Å². The fraction of sp³-hybridized carbons (Fsp3) is 0.391. The predicted octanol–water partition coefficient (Wildman–Crippen LogP) is 3.58. The van der Waals surface area contributed by atoms with Gasteiger partial charge in [0.05, 0.1) is 35.5 Å². The van der Waals surface area contributed by atoms with E-state index >= 15 is 0 Å². The third-order valence-electron chi connectivity index (χ3n) is 5.64. The molecule has 2 fully saturated rings. The van der Waals surface area contributed by atoms with Crippen LogP contribution >= 0.6 is 11.6 Å². The molecule has 2 heterocycles. The number of hydrogen-bond donors (Lipinski definition) is 0. The number of ether oxygens (including phenoxy) is 1. The molecule has 0 spiro atoms. The van der Waals surface area contributed by atoms with Gasteiger partial charge in [0.2, 0.25) is 5.91 Å². The number of amides is 2. The van der Waals surface area contributed by atoms with Crippen molar-refractivity contribution < 1.29 is 14.3 Å². The lowest BCUT2D eigenvalue weighted by molar-refractivity contribution is -0.123. The Bertz CT molecular complexity index is 910. The first kappa shape index (κ1) is 20.7. The van der Waals surface area contributed by atoms with Crippen LogP contribution in [-0.2, 0) is 9.59 Å². The third-order valence-corrected chi connectivity index (χ3v) is 5.96. The molecule has 2 saturated heterocycles. The Morgan fingerprint density at radius 1 is 1.00 bits per heavy atom. The van der Waals surface area contributed by atoms with Crippen LogP contribution in [0.25, 0.3) is 0 Å². The van der Waals surface area contributed by atoms with E-state index in [1.54, 1.807) is 24.3 Å². The topological polar surface area (TPSA) is 53.1 Å². The summed E-state index contributed by atoms with van der Waals surface area (Å²) < 4.78 is 5.59. The summed E-state index contributed by atoms with van der Waals surface area (Å²) in [4.78, 5) is 31.4. The minimum atomic E-state index is -0.401. The molecule has 6 nitrogen and oxygen atoms in total. The molecule has 0 saturated carbocycles. The SMILES string of the molecule is CCCOc1ccc(N2C(=O)C[C@@H](N3CCN(c4ccccc4Cl)CC3)C2=O)cc1. The van der Waals surface area contributed by atoms with Crippen LogP contribution in [0.2, 0.25) is 5.02 Å². The molecule has 2 amide bonds. The van der Waals surface area contributed by atoms with Crippen LogP contribution in [0.15, 0.2) is 48.5 Å². The highest BCUT2D eigenvalue weighted by Gasteiger charge is 2.43. The zero-order valence-electron chi connectivity index (χ0n) is 17.1. The first-order valence-corrected chi connectivity index (χ1v) is 10.8. The van der Waals surface area contributed by atoms with Crippen LogP contribution < -0.4 is 14.5 Å². The molecule has 0 N–H and O–H groups in total. The van der Waals surface area contributed by atoms with E-state index in [4.69, 9.17) is 16.3 Å². The summed E-state index contributed by atoms with van der Waals surface area (Å²) in [6.45, 7) is 5.66. The summed E-state index contributed by atoms with van der Waals surface area (Å²) in [7, 11) is 0. The van der Waals surface area contributed by atoms with E-state index in [-0.39, 0.29) is 18.2 Å². The van der Waals surface area contributed by atoms with E-state index in [0.717, 1.165) is 36.0 Å². The summed E-state index contributed by atoms with van der Waals surface area (Å²) in [5, 5.41) is 0.732. The Labute approximate surface area is 182 Å². The maximum Gasteiger partial charge on any atom is 0.251 e. The molecule has 1 atom stereocenters. The molecule has 2 aliphatic heterocycles. The van der Waals surface area contributed by atoms with Crippen molar-refractivity contribution in [2.75, 3.05) is 42.6 Å². The zero-order valence-corrected chi connectivity index (χ0v) is 17.8. The highest BCUT2D eigenvalue weighted by Crippen LogP contribution is 2.30. The van der Waals surface area contributed by atoms with Gasteiger partial charge in [-0.2, -0.15) is 0 Å². The van der Waals surface area contributed by atoms with E-state index in [1.807, 2.05) is 31.2 Å². The summed E-state index contributed by atoms with van der Waals surface area (Å²) >= 11 is 6.32. The van der Waals surface area contributed by atoms with E-state index in [2.05, 4.69) is 9.80 Å². The highest BCUT2D eigenvalue weighted by atomic mass is 35.5. The molecule has 7 heteroatoms. The Hall–Kier alpha value is -2.57. The number of piperazine rings is 1. The molecule has 2 aromatic carbocycles. The Kier molecular flexibility index (Phi) is 6.25. The average Bonchev–Trinajstić information content (AvgIpc) is 3.07. The van der Waals surface area contributed by atoms with Crippen LogP contribution in [0.3, 0.4) is 0 Å². The lowest BCUT2D eigenvalue weighted by Gasteiger charge is -2.38. The largest absolute Gasteiger partial charge is 0.494 e. The van der Waals surface area contributed by atoms with Gasteiger partial charge in [0.15, 0.2) is 0 Å². The molecule has 4 rings (SSSR count). The molecule has 0 unspecified atom stereocenters. The molecule has 2 aliphatic rings. The van der Waals surface area contributed by atoms with Crippen LogP contribution in [0, 0.1) is 0 Å². The second-order valence-electron chi connectivity index (χ2n) is 7.60. The van der Waals surface area contributed by atoms with Crippen LogP contribution in [-0.4, -0.2) is 55.5 Å². The quantitative estimate of drug-likeness (QED) is 0.659. The second kappa shape index (κ2) is 9.06. The molecule has 30 heavy (non-hydrogen) atoms. The molecule has 2 aromatic rings. The number of rotatable bonds is 6. The van der Waals surface area contributed by atoms with Crippen molar-refractivity contribution in [3.05, 3.63) is 53.6 Å². The standard InChI is InChI=1S/C23H26ClN3O3/c1-2-15-30-18-9-7-17(8-10-18)27-22(28)16-21(23(27)29)26-13-11-25(12-14-26)20-6-4-3-5-19(20)24/h3-10,21H,2,11-16H2,1H3/t21-/m1/s1. The van der Waals surface area contributed by atoms with Gasteiger partial charge >= 0.3 is 0 Å². The zero-order chi connectivity index (χ0) is 21.1. The number of carbonyl (C=O) groups is 2. The highest BCUT2D eigenvalue weighted by molar-refractivity contribution is 6.33. The van der Waals surface area contributed by atoms with Gasteiger partial charge < -0.3 is 9.64 Å². The fourth-order valence-corrected chi connectivity index (χ4v) is 4.32. The number of imide groups is 1. The number of benzene rings is 2. The van der Waals surface area contributed by atoms with E-state index in [9.17, 15) is 9.59 Å². The van der Waals surface area contributed by atoms with Crippen LogP contribution in [0.5, 0.6) is 5.75 Å². The van der Waals surface area contributed by atoms with Crippen molar-refractivity contribution >= 4 is 34.8 Å². The molecule has 0 aromatic heterocycles. The van der Waals surface area contributed by atoms with Crippen molar-refractivity contribution in [1.29, 1.82) is 0 Å². The number of halogens is 1. The maximum atomic E-state index is 13.1. The fourth-order valence-electron chi connectivity index (χ4n) is 4.07. The number of para-hydroxylation sites is 1. The van der Waals surface area contributed by atoms with Crippen LogP contribution in [0.1, 0.15) is 19.8 Å². The monoisotopic (exact) mass is 427 g/mol. The van der Waals surface area contributed by atoms with E-state index < -0.39 is 6.04 Å². The van der Waals surface area contributed by atoms with Crippen molar-refractivity contribution in [3.63, 3.8) is 0 Å². The first-order chi connectivity index (χ1) is 14.6. The van der Waals surface area contributed by atoms with Gasteiger partial charge in [-0.25, -0.2) is 4.90 Å². The first-order valence-electron chi connectivity index (χ1n) is 10.4. The van der Waals surface area contributed by atoms with Gasteiger partial charge in [-0.05, 0) is 42.8 Å². The number of carbonyl (C=O) groups excluding carboxylic acids is 2. The van der Waals surface area contributed by atoms with Gasteiger partial charge in [-0.15, -0.1) is 0 Å². The lowest BCUT2D eigenvalue weighted by atomic mass is 10.1. The normalized spacial score (nSPS) is 20.1.